The first-order valence-electron chi connectivity index (χ1n) is 9.44. The molecule has 2 aromatic carbocycles. The minimum absolute atomic E-state index is 0.0189. The van der Waals surface area contributed by atoms with Crippen LogP contribution < -0.4 is 14.5 Å². The number of amides is 1. The van der Waals surface area contributed by atoms with Gasteiger partial charge in [0.25, 0.3) is 15.9 Å². The van der Waals surface area contributed by atoms with E-state index >= 15 is 0 Å². The fourth-order valence-corrected chi connectivity index (χ4v) is 5.29. The van der Waals surface area contributed by atoms with Gasteiger partial charge in [-0.1, -0.05) is 11.6 Å². The van der Waals surface area contributed by atoms with Gasteiger partial charge in [-0.3, -0.25) is 14.3 Å². The number of benzene rings is 2. The molecular formula is C21H17ClN4O5S2. The number of nitrogens with one attached hydrogen (secondary N) is 1. The SMILES string of the molecule is Cc1nsc2ncc(C(=O)NO)c(N(C)S(=O)(=O)c3ccc(Oc4ccc(Cl)cc4)cc3)c12. The van der Waals surface area contributed by atoms with Crippen LogP contribution in [-0.2, 0) is 10.0 Å². The molecule has 0 atom stereocenters. The van der Waals surface area contributed by atoms with Gasteiger partial charge in [0.15, 0.2) is 0 Å². The molecule has 2 N–H and O–H groups in total. The second kappa shape index (κ2) is 8.94. The molecule has 0 saturated carbocycles. The molecule has 0 saturated heterocycles. The lowest BCUT2D eigenvalue weighted by atomic mass is 10.1. The van der Waals surface area contributed by atoms with Crippen molar-refractivity contribution in [2.75, 3.05) is 11.4 Å². The Kier molecular flexibility index (Phi) is 6.21. The molecule has 33 heavy (non-hydrogen) atoms. The van der Waals surface area contributed by atoms with Crippen LogP contribution in [0.3, 0.4) is 0 Å². The zero-order chi connectivity index (χ0) is 23.8. The lowest BCUT2D eigenvalue weighted by molar-refractivity contribution is 0.0707. The van der Waals surface area contributed by atoms with E-state index in [1.165, 1.54) is 43.0 Å². The Balaban J connectivity index is 1.72. The summed E-state index contributed by atoms with van der Waals surface area (Å²) in [4.78, 5) is 16.9. The summed E-state index contributed by atoms with van der Waals surface area (Å²) in [5.41, 5.74) is 2.01. The van der Waals surface area contributed by atoms with Crippen molar-refractivity contribution in [1.82, 2.24) is 14.8 Å². The molecule has 0 aliphatic heterocycles. The van der Waals surface area contributed by atoms with Gasteiger partial charge in [-0.05, 0) is 67.0 Å². The van der Waals surface area contributed by atoms with Gasteiger partial charge in [0, 0.05) is 18.3 Å². The molecule has 0 bridgehead atoms. The molecule has 170 valence electrons. The predicted molar refractivity (Wildman–Crippen MR) is 125 cm³/mol. The highest BCUT2D eigenvalue weighted by molar-refractivity contribution is 7.92. The Morgan fingerprint density at radius 3 is 2.33 bits per heavy atom. The number of aryl methyl sites for hydroxylation is 1. The van der Waals surface area contributed by atoms with Gasteiger partial charge in [0.2, 0.25) is 0 Å². The van der Waals surface area contributed by atoms with E-state index in [1.54, 1.807) is 31.2 Å². The number of anilines is 1. The number of fused-ring (bicyclic) bond motifs is 1. The van der Waals surface area contributed by atoms with Crippen LogP contribution in [0, 0.1) is 6.92 Å². The number of carbonyl (C=O) groups excluding carboxylic acids is 1. The van der Waals surface area contributed by atoms with Crippen LogP contribution in [0.5, 0.6) is 11.5 Å². The highest BCUT2D eigenvalue weighted by atomic mass is 35.5. The number of hydrogen-bond donors (Lipinski definition) is 2. The third-order valence-corrected chi connectivity index (χ3v) is 7.71. The minimum atomic E-state index is -4.09. The highest BCUT2D eigenvalue weighted by Crippen LogP contribution is 2.36. The van der Waals surface area contributed by atoms with E-state index in [-0.39, 0.29) is 16.1 Å². The van der Waals surface area contributed by atoms with Crippen molar-refractivity contribution in [2.24, 2.45) is 0 Å². The smallest absolute Gasteiger partial charge is 0.278 e. The van der Waals surface area contributed by atoms with Crippen molar-refractivity contribution in [3.63, 3.8) is 0 Å². The number of aromatic nitrogens is 2. The maximum absolute atomic E-state index is 13.4. The molecule has 1 amide bonds. The number of ether oxygens (including phenoxy) is 1. The van der Waals surface area contributed by atoms with E-state index in [4.69, 9.17) is 21.5 Å². The molecule has 0 radical (unpaired) electrons. The molecule has 0 aliphatic rings. The molecule has 0 fully saturated rings. The van der Waals surface area contributed by atoms with E-state index in [0.717, 1.165) is 15.8 Å². The quantitative estimate of drug-likeness (QED) is 0.295. The van der Waals surface area contributed by atoms with Crippen LogP contribution in [-0.4, -0.2) is 35.9 Å². The van der Waals surface area contributed by atoms with E-state index in [1.807, 2.05) is 0 Å². The molecule has 0 aliphatic carbocycles. The first-order valence-corrected chi connectivity index (χ1v) is 12.0. The Morgan fingerprint density at radius 1 is 1.12 bits per heavy atom. The highest BCUT2D eigenvalue weighted by Gasteiger charge is 2.29. The average Bonchev–Trinajstić information content (AvgIpc) is 3.20. The van der Waals surface area contributed by atoms with E-state index < -0.39 is 15.9 Å². The van der Waals surface area contributed by atoms with Gasteiger partial charge < -0.3 is 4.74 Å². The monoisotopic (exact) mass is 504 g/mol. The van der Waals surface area contributed by atoms with Crippen LogP contribution in [0.4, 0.5) is 5.69 Å². The largest absolute Gasteiger partial charge is 0.457 e. The summed E-state index contributed by atoms with van der Waals surface area (Å²) >= 11 is 6.95. The molecule has 9 nitrogen and oxygen atoms in total. The topological polar surface area (TPSA) is 122 Å². The van der Waals surface area contributed by atoms with Crippen molar-refractivity contribution in [1.29, 1.82) is 0 Å². The first kappa shape index (κ1) is 22.9. The number of sulfonamides is 1. The summed E-state index contributed by atoms with van der Waals surface area (Å²) in [6, 6.07) is 12.6. The first-order chi connectivity index (χ1) is 15.7. The summed E-state index contributed by atoms with van der Waals surface area (Å²) in [5.74, 6) is 0.0913. The Morgan fingerprint density at radius 2 is 1.73 bits per heavy atom. The number of pyridine rings is 1. The van der Waals surface area contributed by atoms with Crippen LogP contribution in [0.2, 0.25) is 5.02 Å². The number of hydrogen-bond acceptors (Lipinski definition) is 8. The van der Waals surface area contributed by atoms with Gasteiger partial charge in [-0.25, -0.2) is 18.9 Å². The second-order valence-corrected chi connectivity index (χ2v) is 10.1. The van der Waals surface area contributed by atoms with Gasteiger partial charge >= 0.3 is 0 Å². The van der Waals surface area contributed by atoms with Crippen LogP contribution >= 0.6 is 23.1 Å². The number of carbonyl (C=O) groups is 1. The molecule has 4 aromatic rings. The van der Waals surface area contributed by atoms with Gasteiger partial charge in [-0.15, -0.1) is 0 Å². The van der Waals surface area contributed by atoms with Gasteiger partial charge in [0.05, 0.1) is 27.2 Å². The molecular weight excluding hydrogens is 488 g/mol. The Labute approximate surface area is 198 Å². The standard InChI is InChI=1S/C21H17ClN4O5S2/c1-12-18-19(17(20(27)24-28)11-23-21(18)32-25-12)26(2)33(29,30)16-9-7-15(8-10-16)31-14-5-3-13(22)4-6-14/h3-11,28H,1-2H3,(H,24,27). The minimum Gasteiger partial charge on any atom is -0.457 e. The molecule has 4 rings (SSSR count). The van der Waals surface area contributed by atoms with Crippen molar-refractivity contribution < 1.29 is 23.2 Å². The van der Waals surface area contributed by atoms with Crippen LogP contribution in [0.1, 0.15) is 16.1 Å². The third kappa shape index (κ3) is 4.35. The summed E-state index contributed by atoms with van der Waals surface area (Å²) in [6.45, 7) is 1.69. The zero-order valence-corrected chi connectivity index (χ0v) is 19.7. The van der Waals surface area contributed by atoms with E-state index in [9.17, 15) is 13.2 Å². The van der Waals surface area contributed by atoms with Crippen LogP contribution in [0.15, 0.2) is 59.6 Å². The average molecular weight is 505 g/mol. The number of halogens is 1. The zero-order valence-electron chi connectivity index (χ0n) is 17.3. The Hall–Kier alpha value is -3.25. The second-order valence-electron chi connectivity index (χ2n) is 6.91. The molecule has 0 unspecified atom stereocenters. The summed E-state index contributed by atoms with van der Waals surface area (Å²) in [7, 11) is -2.76. The fourth-order valence-electron chi connectivity index (χ4n) is 3.19. The summed E-state index contributed by atoms with van der Waals surface area (Å²) in [5, 5.41) is 10.1. The fraction of sp³-hybridized carbons (Fsp3) is 0.0952. The number of nitrogens with zero attached hydrogens (tertiary/aromatic N) is 3. The summed E-state index contributed by atoms with van der Waals surface area (Å²) < 4.78 is 37.7. The molecule has 12 heteroatoms. The maximum Gasteiger partial charge on any atom is 0.278 e. The lowest BCUT2D eigenvalue weighted by Gasteiger charge is -2.22. The van der Waals surface area contributed by atoms with Crippen molar-refractivity contribution in [3.8, 4) is 11.5 Å². The van der Waals surface area contributed by atoms with Crippen molar-refractivity contribution in [2.45, 2.75) is 11.8 Å². The summed E-state index contributed by atoms with van der Waals surface area (Å²) in [6.07, 6.45) is 1.20. The Bertz CT molecular complexity index is 1440. The normalized spacial score (nSPS) is 11.4. The van der Waals surface area contributed by atoms with Gasteiger partial charge in [-0.2, -0.15) is 4.37 Å². The number of hydroxylamine groups is 1. The van der Waals surface area contributed by atoms with Gasteiger partial charge in [0.1, 0.15) is 16.3 Å². The maximum atomic E-state index is 13.4. The van der Waals surface area contributed by atoms with E-state index in [0.29, 0.717) is 32.4 Å². The lowest BCUT2D eigenvalue weighted by Crippen LogP contribution is -2.30. The molecule has 2 heterocycles. The van der Waals surface area contributed by atoms with Crippen molar-refractivity contribution in [3.05, 3.63) is 71.0 Å². The van der Waals surface area contributed by atoms with Crippen LogP contribution in [0.25, 0.3) is 10.2 Å². The molecule has 0 spiro atoms. The molecule has 2 aromatic heterocycles. The number of rotatable bonds is 6. The third-order valence-electron chi connectivity index (χ3n) is 4.84. The predicted octanol–water partition coefficient (Wildman–Crippen LogP) is 4.39. The van der Waals surface area contributed by atoms with Crippen molar-refractivity contribution >= 4 is 55.0 Å². The van der Waals surface area contributed by atoms with E-state index in [2.05, 4.69) is 9.36 Å².